The molecular formula is C20H35NO5. The number of alkyl carbamates (subject to hydrolysis) is 1. The second kappa shape index (κ2) is 9.07. The van der Waals surface area contributed by atoms with Gasteiger partial charge in [0.25, 0.3) is 0 Å². The highest BCUT2D eigenvalue weighted by molar-refractivity contribution is 5.81. The van der Waals surface area contributed by atoms with Gasteiger partial charge in [0.15, 0.2) is 0 Å². The van der Waals surface area contributed by atoms with Crippen LogP contribution in [0.1, 0.15) is 73.1 Å². The van der Waals surface area contributed by atoms with Crippen molar-refractivity contribution in [3.63, 3.8) is 0 Å². The van der Waals surface area contributed by atoms with Crippen LogP contribution >= 0.6 is 0 Å². The van der Waals surface area contributed by atoms with Crippen LogP contribution in [0.5, 0.6) is 0 Å². The van der Waals surface area contributed by atoms with E-state index in [0.29, 0.717) is 11.8 Å². The molecule has 2 aliphatic rings. The number of amides is 1. The molecule has 0 heterocycles. The molecule has 2 aliphatic carbocycles. The first-order valence-corrected chi connectivity index (χ1v) is 9.97. The Bertz CT molecular complexity index is 477. The summed E-state index contributed by atoms with van der Waals surface area (Å²) < 4.78 is 17.0. The zero-order valence-electron chi connectivity index (χ0n) is 16.9. The van der Waals surface area contributed by atoms with Crippen LogP contribution in [0.25, 0.3) is 0 Å². The van der Waals surface area contributed by atoms with Gasteiger partial charge in [0.2, 0.25) is 0 Å². The van der Waals surface area contributed by atoms with Crippen molar-refractivity contribution in [3.8, 4) is 0 Å². The van der Waals surface area contributed by atoms with Gasteiger partial charge in [0.1, 0.15) is 17.7 Å². The summed E-state index contributed by atoms with van der Waals surface area (Å²) >= 11 is 0. The van der Waals surface area contributed by atoms with Crippen molar-refractivity contribution in [3.05, 3.63) is 0 Å². The number of nitrogens with one attached hydrogen (secondary N) is 1. The molecule has 0 aliphatic heterocycles. The van der Waals surface area contributed by atoms with Crippen LogP contribution in [-0.4, -0.2) is 42.5 Å². The molecule has 0 aromatic rings. The van der Waals surface area contributed by atoms with Gasteiger partial charge in [-0.05, 0) is 72.1 Å². The minimum Gasteiger partial charge on any atom is -0.458 e. The van der Waals surface area contributed by atoms with E-state index >= 15 is 0 Å². The van der Waals surface area contributed by atoms with Crippen LogP contribution < -0.4 is 5.32 Å². The number of hydrogen-bond acceptors (Lipinski definition) is 5. The maximum absolute atomic E-state index is 12.4. The Morgan fingerprint density at radius 1 is 1.08 bits per heavy atom. The minimum absolute atomic E-state index is 0.0595. The summed E-state index contributed by atoms with van der Waals surface area (Å²) in [6.07, 6.45) is 6.16. The number of rotatable bonds is 8. The lowest BCUT2D eigenvalue weighted by Gasteiger charge is -2.30. The molecule has 3 atom stereocenters. The first kappa shape index (κ1) is 21.0. The third-order valence-electron chi connectivity index (χ3n) is 4.94. The second-order valence-corrected chi connectivity index (χ2v) is 8.80. The maximum Gasteiger partial charge on any atom is 0.408 e. The Morgan fingerprint density at radius 3 is 2.23 bits per heavy atom. The summed E-state index contributed by atoms with van der Waals surface area (Å²) in [5, 5.41) is 2.53. The van der Waals surface area contributed by atoms with E-state index in [-0.39, 0.29) is 12.2 Å². The average molecular weight is 370 g/mol. The molecule has 6 heteroatoms. The smallest absolute Gasteiger partial charge is 0.408 e. The quantitative estimate of drug-likeness (QED) is 0.659. The number of carbonyl (C=O) groups is 2. The molecular weight excluding hydrogens is 334 g/mol. The Morgan fingerprint density at radius 2 is 1.69 bits per heavy atom. The SMILES string of the molecule is C[C@H](NC(=O)OC(C)(C)C)C(=O)O[C@@H](C)[C@H](OCC1CC1)C1CCCC1. The number of esters is 1. The van der Waals surface area contributed by atoms with Crippen LogP contribution in [0.3, 0.4) is 0 Å². The third kappa shape index (κ3) is 7.14. The zero-order chi connectivity index (χ0) is 19.3. The molecule has 0 saturated heterocycles. The highest BCUT2D eigenvalue weighted by atomic mass is 16.6. The molecule has 6 nitrogen and oxygen atoms in total. The molecule has 1 N–H and O–H groups in total. The van der Waals surface area contributed by atoms with E-state index in [0.717, 1.165) is 19.4 Å². The van der Waals surface area contributed by atoms with Crippen molar-refractivity contribution in [2.24, 2.45) is 11.8 Å². The fourth-order valence-corrected chi connectivity index (χ4v) is 3.37. The summed E-state index contributed by atoms with van der Waals surface area (Å²) in [4.78, 5) is 24.2. The number of carbonyl (C=O) groups excluding carboxylic acids is 2. The molecule has 0 unspecified atom stereocenters. The van der Waals surface area contributed by atoms with Crippen molar-refractivity contribution in [1.29, 1.82) is 0 Å². The number of ether oxygens (including phenoxy) is 3. The van der Waals surface area contributed by atoms with E-state index in [2.05, 4.69) is 5.32 Å². The lowest BCUT2D eigenvalue weighted by Crippen LogP contribution is -2.45. The van der Waals surface area contributed by atoms with Crippen LogP contribution in [0, 0.1) is 11.8 Å². The number of hydrogen-bond donors (Lipinski definition) is 1. The lowest BCUT2D eigenvalue weighted by molar-refractivity contribution is -0.161. The molecule has 0 aromatic heterocycles. The molecule has 2 saturated carbocycles. The molecule has 0 aromatic carbocycles. The standard InChI is InChI=1S/C20H35NO5/c1-13(21-19(23)26-20(3,4)5)18(22)25-14(2)17(16-8-6-7-9-16)24-12-15-10-11-15/h13-17H,6-12H2,1-5H3,(H,21,23)/t13-,14-,17-/m0/s1. The molecule has 1 amide bonds. The van der Waals surface area contributed by atoms with Gasteiger partial charge in [-0.25, -0.2) is 9.59 Å². The third-order valence-corrected chi connectivity index (χ3v) is 4.94. The largest absolute Gasteiger partial charge is 0.458 e. The van der Waals surface area contributed by atoms with Crippen molar-refractivity contribution < 1.29 is 23.8 Å². The Hall–Kier alpha value is -1.30. The second-order valence-electron chi connectivity index (χ2n) is 8.80. The summed E-state index contributed by atoms with van der Waals surface area (Å²) in [7, 11) is 0. The Labute approximate surface area is 157 Å². The summed E-state index contributed by atoms with van der Waals surface area (Å²) in [5.41, 5.74) is -0.606. The van der Waals surface area contributed by atoms with Gasteiger partial charge in [-0.3, -0.25) is 0 Å². The van der Waals surface area contributed by atoms with Crippen LogP contribution in [0.2, 0.25) is 0 Å². The van der Waals surface area contributed by atoms with Crippen molar-refractivity contribution in [2.75, 3.05) is 6.61 Å². The highest BCUT2D eigenvalue weighted by Crippen LogP contribution is 2.34. The maximum atomic E-state index is 12.4. The highest BCUT2D eigenvalue weighted by Gasteiger charge is 2.35. The molecule has 2 rings (SSSR count). The Balaban J connectivity index is 1.84. The van der Waals surface area contributed by atoms with Crippen molar-refractivity contribution in [2.45, 2.75) is 97.0 Å². The monoisotopic (exact) mass is 369 g/mol. The van der Waals surface area contributed by atoms with Crippen LogP contribution in [-0.2, 0) is 19.0 Å². The average Bonchev–Trinajstić information content (AvgIpc) is 3.18. The molecule has 0 bridgehead atoms. The van der Waals surface area contributed by atoms with E-state index in [1.165, 1.54) is 25.7 Å². The predicted octanol–water partition coefficient (Wildman–Crippen LogP) is 3.82. The first-order chi connectivity index (χ1) is 12.2. The van der Waals surface area contributed by atoms with E-state index < -0.39 is 23.7 Å². The molecule has 150 valence electrons. The van der Waals surface area contributed by atoms with E-state index in [9.17, 15) is 9.59 Å². The van der Waals surface area contributed by atoms with Gasteiger partial charge in [0.05, 0.1) is 6.10 Å². The topological polar surface area (TPSA) is 73.9 Å². The molecule has 26 heavy (non-hydrogen) atoms. The van der Waals surface area contributed by atoms with E-state index in [1.807, 2.05) is 6.92 Å². The van der Waals surface area contributed by atoms with Crippen LogP contribution in [0.4, 0.5) is 4.79 Å². The van der Waals surface area contributed by atoms with Gasteiger partial charge in [-0.2, -0.15) is 0 Å². The zero-order valence-corrected chi connectivity index (χ0v) is 16.9. The Kier molecular flexibility index (Phi) is 7.33. The van der Waals surface area contributed by atoms with E-state index in [4.69, 9.17) is 14.2 Å². The predicted molar refractivity (Wildman–Crippen MR) is 98.8 cm³/mol. The first-order valence-electron chi connectivity index (χ1n) is 9.97. The van der Waals surface area contributed by atoms with E-state index in [1.54, 1.807) is 27.7 Å². The van der Waals surface area contributed by atoms with Crippen LogP contribution in [0.15, 0.2) is 0 Å². The molecule has 0 spiro atoms. The van der Waals surface area contributed by atoms with Gasteiger partial charge >= 0.3 is 12.1 Å². The summed E-state index contributed by atoms with van der Waals surface area (Å²) in [6.45, 7) is 9.60. The van der Waals surface area contributed by atoms with Gasteiger partial charge in [-0.1, -0.05) is 12.8 Å². The lowest BCUT2D eigenvalue weighted by atomic mass is 9.96. The minimum atomic E-state index is -0.764. The van der Waals surface area contributed by atoms with Gasteiger partial charge in [-0.15, -0.1) is 0 Å². The van der Waals surface area contributed by atoms with Gasteiger partial charge < -0.3 is 19.5 Å². The fraction of sp³-hybridized carbons (Fsp3) is 0.900. The molecule has 2 fully saturated rings. The van der Waals surface area contributed by atoms with Crippen molar-refractivity contribution in [1.82, 2.24) is 5.32 Å². The normalized spacial score (nSPS) is 21.7. The summed E-state index contributed by atoms with van der Waals surface area (Å²) in [6, 6.07) is -0.764. The fourth-order valence-electron chi connectivity index (χ4n) is 3.37. The molecule has 0 radical (unpaired) electrons. The van der Waals surface area contributed by atoms with Gasteiger partial charge in [0, 0.05) is 6.61 Å². The van der Waals surface area contributed by atoms with Crippen molar-refractivity contribution >= 4 is 12.1 Å². The summed E-state index contributed by atoms with van der Waals surface area (Å²) in [5.74, 6) is 0.668.